The van der Waals surface area contributed by atoms with Crippen molar-refractivity contribution >= 4 is 27.3 Å². The molecule has 0 fully saturated rings. The minimum absolute atomic E-state index is 0.0392. The van der Waals surface area contributed by atoms with Gasteiger partial charge in [0.15, 0.2) is 5.03 Å². The predicted molar refractivity (Wildman–Crippen MR) is 83.9 cm³/mol. The Balaban J connectivity index is 2.18. The molecule has 0 amide bonds. The number of pyridine rings is 1. The first-order chi connectivity index (χ1) is 10.0. The van der Waals surface area contributed by atoms with Gasteiger partial charge in [-0.25, -0.2) is 4.98 Å². The quantitative estimate of drug-likeness (QED) is 0.856. The van der Waals surface area contributed by atoms with Crippen molar-refractivity contribution < 1.29 is 8.42 Å². The number of halogens is 1. The summed E-state index contributed by atoms with van der Waals surface area (Å²) in [6.07, 6.45) is 1.55. The summed E-state index contributed by atoms with van der Waals surface area (Å²) in [7, 11) is -3.74. The summed E-state index contributed by atoms with van der Waals surface area (Å²) in [5.41, 5.74) is 1.26. The van der Waals surface area contributed by atoms with Crippen LogP contribution in [0.1, 0.15) is 12.5 Å². The summed E-state index contributed by atoms with van der Waals surface area (Å²) in [6, 6.07) is 9.86. The van der Waals surface area contributed by atoms with Gasteiger partial charge in [0, 0.05) is 12.7 Å². The smallest absolute Gasteiger partial charge is 0.279 e. The van der Waals surface area contributed by atoms with Gasteiger partial charge in [-0.2, -0.15) is 8.42 Å². The predicted octanol–water partition coefficient (Wildman–Crippen LogP) is 2.65. The Morgan fingerprint density at radius 3 is 2.57 bits per heavy atom. The zero-order valence-corrected chi connectivity index (χ0v) is 13.1. The van der Waals surface area contributed by atoms with Crippen molar-refractivity contribution in [1.82, 2.24) is 10.3 Å². The van der Waals surface area contributed by atoms with Crippen molar-refractivity contribution in [3.05, 3.63) is 53.2 Å². The molecular formula is C14H16ClN3O2S. The van der Waals surface area contributed by atoms with Crippen LogP contribution in [0.4, 0.5) is 5.69 Å². The maximum Gasteiger partial charge on any atom is 0.279 e. The number of hydrogen-bond acceptors (Lipinski definition) is 4. The third-order valence-corrected chi connectivity index (χ3v) is 4.38. The standard InChI is InChI=1S/C14H16ClN3O2S/c1-2-16-9-11-7-8-14(17-10-11)21(19,20)18-13-6-4-3-5-12(13)15/h3-8,10,16,18H,2,9H2,1H3. The highest BCUT2D eigenvalue weighted by Crippen LogP contribution is 2.23. The molecule has 0 aliphatic heterocycles. The number of aromatic nitrogens is 1. The summed E-state index contributed by atoms with van der Waals surface area (Å²) in [6.45, 7) is 3.50. The minimum atomic E-state index is -3.74. The molecular weight excluding hydrogens is 310 g/mol. The molecule has 1 aromatic heterocycles. The van der Waals surface area contributed by atoms with Crippen LogP contribution in [0.3, 0.4) is 0 Å². The monoisotopic (exact) mass is 325 g/mol. The number of benzene rings is 1. The minimum Gasteiger partial charge on any atom is -0.313 e. The first kappa shape index (κ1) is 15.8. The molecule has 0 radical (unpaired) electrons. The molecule has 0 bridgehead atoms. The summed E-state index contributed by atoms with van der Waals surface area (Å²) >= 11 is 5.94. The van der Waals surface area contributed by atoms with E-state index < -0.39 is 10.0 Å². The lowest BCUT2D eigenvalue weighted by molar-refractivity contribution is 0.597. The van der Waals surface area contributed by atoms with E-state index in [1.165, 1.54) is 6.07 Å². The summed E-state index contributed by atoms with van der Waals surface area (Å²) in [5, 5.41) is 3.45. The molecule has 21 heavy (non-hydrogen) atoms. The molecule has 1 heterocycles. The van der Waals surface area contributed by atoms with Crippen molar-refractivity contribution in [2.75, 3.05) is 11.3 Å². The van der Waals surface area contributed by atoms with Crippen LogP contribution < -0.4 is 10.0 Å². The van der Waals surface area contributed by atoms with E-state index in [-0.39, 0.29) is 5.03 Å². The topological polar surface area (TPSA) is 71.1 Å². The molecule has 5 nitrogen and oxygen atoms in total. The lowest BCUT2D eigenvalue weighted by Gasteiger charge is -2.09. The maximum atomic E-state index is 12.2. The van der Waals surface area contributed by atoms with Crippen LogP contribution in [0, 0.1) is 0 Å². The molecule has 0 aliphatic carbocycles. The fourth-order valence-electron chi connectivity index (χ4n) is 1.68. The molecule has 0 saturated carbocycles. The second kappa shape index (κ2) is 6.89. The van der Waals surface area contributed by atoms with Crippen LogP contribution in [-0.2, 0) is 16.6 Å². The number of anilines is 1. The Hall–Kier alpha value is -1.63. The maximum absolute atomic E-state index is 12.2. The first-order valence-electron chi connectivity index (χ1n) is 6.46. The molecule has 0 unspecified atom stereocenters. The Morgan fingerprint density at radius 1 is 1.19 bits per heavy atom. The molecule has 0 atom stereocenters. The van der Waals surface area contributed by atoms with Gasteiger partial charge < -0.3 is 5.32 Å². The summed E-state index contributed by atoms with van der Waals surface area (Å²) in [4.78, 5) is 4.00. The Morgan fingerprint density at radius 2 is 1.95 bits per heavy atom. The number of rotatable bonds is 6. The van der Waals surface area contributed by atoms with Gasteiger partial charge >= 0.3 is 0 Å². The molecule has 112 valence electrons. The van der Waals surface area contributed by atoms with E-state index in [9.17, 15) is 8.42 Å². The number of nitrogens with one attached hydrogen (secondary N) is 2. The third kappa shape index (κ3) is 4.17. The van der Waals surface area contributed by atoms with E-state index in [1.807, 2.05) is 6.92 Å². The van der Waals surface area contributed by atoms with Gasteiger partial charge in [0.1, 0.15) is 0 Å². The van der Waals surface area contributed by atoms with Gasteiger partial charge in [-0.3, -0.25) is 4.72 Å². The molecule has 0 spiro atoms. The van der Waals surface area contributed by atoms with Gasteiger partial charge in [0.05, 0.1) is 10.7 Å². The van der Waals surface area contributed by atoms with Crippen LogP contribution in [0.15, 0.2) is 47.6 Å². The van der Waals surface area contributed by atoms with Crippen molar-refractivity contribution in [1.29, 1.82) is 0 Å². The summed E-state index contributed by atoms with van der Waals surface area (Å²) < 4.78 is 26.9. The number of para-hydroxylation sites is 1. The molecule has 7 heteroatoms. The SMILES string of the molecule is CCNCc1ccc(S(=O)(=O)Nc2ccccc2Cl)nc1. The number of nitrogens with zero attached hydrogens (tertiary/aromatic N) is 1. The zero-order valence-electron chi connectivity index (χ0n) is 11.5. The average Bonchev–Trinajstić information content (AvgIpc) is 2.48. The van der Waals surface area contributed by atoms with Crippen molar-refractivity contribution in [3.63, 3.8) is 0 Å². The summed E-state index contributed by atoms with van der Waals surface area (Å²) in [5.74, 6) is 0. The molecule has 2 rings (SSSR count). The normalized spacial score (nSPS) is 11.3. The molecule has 2 N–H and O–H groups in total. The third-order valence-electron chi connectivity index (χ3n) is 2.77. The highest BCUT2D eigenvalue weighted by Gasteiger charge is 2.16. The largest absolute Gasteiger partial charge is 0.313 e. The van der Waals surface area contributed by atoms with Gasteiger partial charge in [-0.05, 0) is 30.3 Å². The lowest BCUT2D eigenvalue weighted by Crippen LogP contribution is -2.16. The Labute approximate surface area is 129 Å². The van der Waals surface area contributed by atoms with E-state index in [2.05, 4.69) is 15.0 Å². The molecule has 2 aromatic rings. The lowest BCUT2D eigenvalue weighted by atomic mass is 10.3. The fraction of sp³-hybridized carbons (Fsp3) is 0.214. The molecule has 0 aliphatic rings. The van der Waals surface area contributed by atoms with Crippen molar-refractivity contribution in [2.45, 2.75) is 18.5 Å². The van der Waals surface area contributed by atoms with Gasteiger partial charge in [-0.15, -0.1) is 0 Å². The van der Waals surface area contributed by atoms with E-state index >= 15 is 0 Å². The van der Waals surface area contributed by atoms with E-state index in [0.29, 0.717) is 17.3 Å². The zero-order chi connectivity index (χ0) is 15.3. The highest BCUT2D eigenvalue weighted by atomic mass is 35.5. The number of sulfonamides is 1. The van der Waals surface area contributed by atoms with Crippen LogP contribution in [-0.4, -0.2) is 19.9 Å². The fourth-order valence-corrected chi connectivity index (χ4v) is 2.93. The Bertz CT molecular complexity index is 702. The van der Waals surface area contributed by atoms with Crippen molar-refractivity contribution in [3.8, 4) is 0 Å². The molecule has 1 aromatic carbocycles. The van der Waals surface area contributed by atoms with E-state index in [4.69, 9.17) is 11.6 Å². The number of hydrogen-bond donors (Lipinski definition) is 2. The van der Waals surface area contributed by atoms with E-state index in [1.54, 1.807) is 36.5 Å². The van der Waals surface area contributed by atoms with Crippen LogP contribution in [0.5, 0.6) is 0 Å². The van der Waals surface area contributed by atoms with Crippen molar-refractivity contribution in [2.24, 2.45) is 0 Å². The van der Waals surface area contributed by atoms with E-state index in [0.717, 1.165) is 12.1 Å². The second-order valence-electron chi connectivity index (χ2n) is 4.37. The highest BCUT2D eigenvalue weighted by molar-refractivity contribution is 7.92. The van der Waals surface area contributed by atoms with Gasteiger partial charge in [0.25, 0.3) is 10.0 Å². The van der Waals surface area contributed by atoms with Crippen LogP contribution >= 0.6 is 11.6 Å². The first-order valence-corrected chi connectivity index (χ1v) is 8.32. The second-order valence-corrected chi connectivity index (χ2v) is 6.41. The van der Waals surface area contributed by atoms with Crippen LogP contribution in [0.25, 0.3) is 0 Å². The van der Waals surface area contributed by atoms with Gasteiger partial charge in [0.2, 0.25) is 0 Å². The molecule has 0 saturated heterocycles. The van der Waals surface area contributed by atoms with Gasteiger partial charge in [-0.1, -0.05) is 36.7 Å². The average molecular weight is 326 g/mol. The Kier molecular flexibility index (Phi) is 5.17. The van der Waals surface area contributed by atoms with Crippen LogP contribution in [0.2, 0.25) is 5.02 Å².